The van der Waals surface area contributed by atoms with E-state index in [1.807, 2.05) is 0 Å². The van der Waals surface area contributed by atoms with E-state index in [9.17, 15) is 14.9 Å². The molecule has 3 N–H and O–H groups in total. The van der Waals surface area contributed by atoms with Gasteiger partial charge in [0, 0.05) is 6.07 Å². The van der Waals surface area contributed by atoms with Gasteiger partial charge < -0.3 is 15.6 Å². The summed E-state index contributed by atoms with van der Waals surface area (Å²) < 4.78 is 5.28. The molecular weight excluding hydrogens is 252 g/mol. The fraction of sp³-hybridized carbons (Fsp3) is 0.417. The maximum Gasteiger partial charge on any atom is 0.323 e. The van der Waals surface area contributed by atoms with Gasteiger partial charge in [0.05, 0.1) is 11.5 Å². The summed E-state index contributed by atoms with van der Waals surface area (Å²) in [6.45, 7) is 1.59. The molecule has 0 heterocycles. The molecule has 0 bridgehead atoms. The van der Waals surface area contributed by atoms with Gasteiger partial charge >= 0.3 is 11.7 Å². The third kappa shape index (κ3) is 4.22. The van der Waals surface area contributed by atoms with Crippen molar-refractivity contribution in [3.8, 4) is 5.75 Å². The monoisotopic (exact) mass is 268 g/mol. The molecule has 0 fully saturated rings. The zero-order chi connectivity index (χ0) is 14.5. The minimum Gasteiger partial charge on any atom is -0.487 e. The Labute approximate surface area is 110 Å². The SMILES string of the molecule is CC(N)(CCCOc1ccccc1[N+](=O)[O-])C(=O)O. The van der Waals surface area contributed by atoms with Crippen LogP contribution in [0.4, 0.5) is 5.69 Å². The molecule has 0 aliphatic heterocycles. The number of nitrogens with zero attached hydrogens (tertiary/aromatic N) is 1. The van der Waals surface area contributed by atoms with Gasteiger partial charge in [-0.05, 0) is 25.8 Å². The van der Waals surface area contributed by atoms with E-state index in [1.54, 1.807) is 12.1 Å². The lowest BCUT2D eigenvalue weighted by Gasteiger charge is -2.18. The van der Waals surface area contributed by atoms with Crippen molar-refractivity contribution in [1.29, 1.82) is 0 Å². The molecule has 7 heteroatoms. The smallest absolute Gasteiger partial charge is 0.323 e. The van der Waals surface area contributed by atoms with Crippen LogP contribution in [0, 0.1) is 10.1 Å². The summed E-state index contributed by atoms with van der Waals surface area (Å²) in [4.78, 5) is 21.0. The summed E-state index contributed by atoms with van der Waals surface area (Å²) in [5.74, 6) is -0.917. The second-order valence-electron chi connectivity index (χ2n) is 4.40. The van der Waals surface area contributed by atoms with Crippen LogP contribution >= 0.6 is 0 Å². The maximum absolute atomic E-state index is 10.8. The molecule has 0 aromatic heterocycles. The van der Waals surface area contributed by atoms with Gasteiger partial charge in [0.15, 0.2) is 5.75 Å². The first kappa shape index (κ1) is 14.9. The van der Waals surface area contributed by atoms with Gasteiger partial charge in [0.1, 0.15) is 5.54 Å². The summed E-state index contributed by atoms with van der Waals surface area (Å²) in [5, 5.41) is 19.6. The number of carbonyl (C=O) groups is 1. The Morgan fingerprint density at radius 2 is 2.16 bits per heavy atom. The second-order valence-corrected chi connectivity index (χ2v) is 4.40. The van der Waals surface area contributed by atoms with Crippen molar-refractivity contribution in [3.05, 3.63) is 34.4 Å². The van der Waals surface area contributed by atoms with Crippen LogP contribution in [0.2, 0.25) is 0 Å². The van der Waals surface area contributed by atoms with Crippen molar-refractivity contribution in [2.45, 2.75) is 25.3 Å². The molecule has 7 nitrogen and oxygen atoms in total. The van der Waals surface area contributed by atoms with Crippen LogP contribution in [0.15, 0.2) is 24.3 Å². The highest BCUT2D eigenvalue weighted by atomic mass is 16.6. The van der Waals surface area contributed by atoms with Crippen LogP contribution in [0.3, 0.4) is 0 Å². The van der Waals surface area contributed by atoms with Gasteiger partial charge in [-0.3, -0.25) is 14.9 Å². The summed E-state index contributed by atoms with van der Waals surface area (Å²) in [6, 6.07) is 6.02. The summed E-state index contributed by atoms with van der Waals surface area (Å²) >= 11 is 0. The Bertz CT molecular complexity index is 473. The van der Waals surface area contributed by atoms with Crippen molar-refractivity contribution in [3.63, 3.8) is 0 Å². The number of rotatable bonds is 7. The van der Waals surface area contributed by atoms with E-state index < -0.39 is 16.4 Å². The van der Waals surface area contributed by atoms with Crippen molar-refractivity contribution < 1.29 is 19.6 Å². The first-order chi connectivity index (χ1) is 8.84. The van der Waals surface area contributed by atoms with Crippen molar-refractivity contribution >= 4 is 11.7 Å². The molecule has 1 aromatic rings. The Kier molecular flexibility index (Phi) is 4.82. The van der Waals surface area contributed by atoms with Gasteiger partial charge in [0.25, 0.3) is 0 Å². The highest BCUT2D eigenvalue weighted by Gasteiger charge is 2.27. The third-order valence-electron chi connectivity index (χ3n) is 2.65. The molecule has 0 aliphatic rings. The summed E-state index contributed by atoms with van der Waals surface area (Å²) in [6.07, 6.45) is 0.619. The van der Waals surface area contributed by atoms with E-state index in [1.165, 1.54) is 19.1 Å². The average molecular weight is 268 g/mol. The minimum atomic E-state index is -1.31. The fourth-order valence-electron chi connectivity index (χ4n) is 1.46. The zero-order valence-corrected chi connectivity index (χ0v) is 10.5. The molecule has 104 valence electrons. The molecule has 0 saturated heterocycles. The quantitative estimate of drug-likeness (QED) is 0.440. The first-order valence-electron chi connectivity index (χ1n) is 5.73. The fourth-order valence-corrected chi connectivity index (χ4v) is 1.46. The maximum atomic E-state index is 10.8. The van der Waals surface area contributed by atoms with Crippen molar-refractivity contribution in [2.24, 2.45) is 5.73 Å². The van der Waals surface area contributed by atoms with Crippen LogP contribution in [-0.4, -0.2) is 28.1 Å². The molecule has 0 aliphatic carbocycles. The van der Waals surface area contributed by atoms with E-state index in [0.29, 0.717) is 6.42 Å². The van der Waals surface area contributed by atoms with Gasteiger partial charge in [-0.2, -0.15) is 0 Å². The zero-order valence-electron chi connectivity index (χ0n) is 10.5. The van der Waals surface area contributed by atoms with Crippen LogP contribution in [0.5, 0.6) is 5.75 Å². The molecule has 1 rings (SSSR count). The Balaban J connectivity index is 2.51. The molecular formula is C12H16N2O5. The van der Waals surface area contributed by atoms with Gasteiger partial charge in [0.2, 0.25) is 0 Å². The van der Waals surface area contributed by atoms with Crippen LogP contribution in [-0.2, 0) is 4.79 Å². The van der Waals surface area contributed by atoms with Gasteiger partial charge in [-0.15, -0.1) is 0 Å². The third-order valence-corrected chi connectivity index (χ3v) is 2.65. The van der Waals surface area contributed by atoms with Crippen LogP contribution in [0.25, 0.3) is 0 Å². The molecule has 1 aromatic carbocycles. The topological polar surface area (TPSA) is 116 Å². The van der Waals surface area contributed by atoms with Crippen molar-refractivity contribution in [2.75, 3.05) is 6.61 Å². The summed E-state index contributed by atoms with van der Waals surface area (Å²) in [5.41, 5.74) is 4.13. The number of benzene rings is 1. The highest BCUT2D eigenvalue weighted by molar-refractivity contribution is 5.77. The highest BCUT2D eigenvalue weighted by Crippen LogP contribution is 2.26. The Hall–Kier alpha value is -2.15. The lowest BCUT2D eigenvalue weighted by atomic mass is 9.98. The molecule has 1 atom stereocenters. The number of carboxylic acid groups (broad SMARTS) is 1. The number of nitro benzene ring substituents is 1. The average Bonchev–Trinajstić information content (AvgIpc) is 2.34. The molecule has 0 radical (unpaired) electrons. The number of ether oxygens (including phenoxy) is 1. The minimum absolute atomic E-state index is 0.115. The molecule has 0 amide bonds. The molecule has 0 spiro atoms. The number of aliphatic carboxylic acids is 1. The number of nitro groups is 1. The molecule has 0 saturated carbocycles. The molecule has 1 unspecified atom stereocenters. The first-order valence-corrected chi connectivity index (χ1v) is 5.73. The predicted octanol–water partition coefficient (Wildman–Crippen LogP) is 1.56. The second kappa shape index (κ2) is 6.14. The van der Waals surface area contributed by atoms with E-state index in [-0.39, 0.29) is 24.5 Å². The number of carboxylic acids is 1. The number of hydrogen-bond acceptors (Lipinski definition) is 5. The predicted molar refractivity (Wildman–Crippen MR) is 68.1 cm³/mol. The number of hydrogen-bond donors (Lipinski definition) is 2. The Morgan fingerprint density at radius 3 is 2.74 bits per heavy atom. The normalized spacial score (nSPS) is 13.6. The van der Waals surface area contributed by atoms with Gasteiger partial charge in [-0.1, -0.05) is 12.1 Å². The largest absolute Gasteiger partial charge is 0.487 e. The number of nitrogens with two attached hydrogens (primary N) is 1. The van der Waals surface area contributed by atoms with E-state index >= 15 is 0 Å². The van der Waals surface area contributed by atoms with E-state index in [4.69, 9.17) is 15.6 Å². The van der Waals surface area contributed by atoms with Crippen molar-refractivity contribution in [1.82, 2.24) is 0 Å². The van der Waals surface area contributed by atoms with E-state index in [2.05, 4.69) is 0 Å². The van der Waals surface area contributed by atoms with Gasteiger partial charge in [-0.25, -0.2) is 0 Å². The van der Waals surface area contributed by atoms with E-state index in [0.717, 1.165) is 0 Å². The lowest BCUT2D eigenvalue weighted by molar-refractivity contribution is -0.385. The summed E-state index contributed by atoms with van der Waals surface area (Å²) in [7, 11) is 0. The Morgan fingerprint density at radius 1 is 1.53 bits per heavy atom. The van der Waals surface area contributed by atoms with Crippen LogP contribution in [0.1, 0.15) is 19.8 Å². The molecule has 19 heavy (non-hydrogen) atoms. The van der Waals surface area contributed by atoms with Crippen LogP contribution < -0.4 is 10.5 Å². The number of para-hydroxylation sites is 2. The standard InChI is InChI=1S/C12H16N2O5/c1-12(13,11(15)16)7-4-8-19-10-6-3-2-5-9(10)14(17)18/h2-3,5-6H,4,7-8,13H2,1H3,(H,15,16). The lowest BCUT2D eigenvalue weighted by Crippen LogP contribution is -2.44.